The first-order chi connectivity index (χ1) is 12.8. The third-order valence-corrected chi connectivity index (χ3v) is 5.14. The molecule has 1 unspecified atom stereocenters. The van der Waals surface area contributed by atoms with Gasteiger partial charge in [0.15, 0.2) is 5.82 Å². The van der Waals surface area contributed by atoms with Crippen LogP contribution < -0.4 is 5.32 Å². The Bertz CT molecular complexity index is 559. The van der Waals surface area contributed by atoms with Gasteiger partial charge in [-0.05, 0) is 32.1 Å². The van der Waals surface area contributed by atoms with Crippen LogP contribution in [0.1, 0.15) is 69.1 Å². The Kier molecular flexibility index (Phi) is 7.25. The number of aromatic nitrogens is 2. The molecule has 2 heterocycles. The van der Waals surface area contributed by atoms with Gasteiger partial charge in [0.1, 0.15) is 6.61 Å². The van der Waals surface area contributed by atoms with Crippen LogP contribution in [0.25, 0.3) is 0 Å². The number of carbonyl (C=O) groups excluding carboxylic acids is 1. The summed E-state index contributed by atoms with van der Waals surface area (Å²) in [5.41, 5.74) is 0. The smallest absolute Gasteiger partial charge is 0.318 e. The molecule has 8 heteroatoms. The predicted octanol–water partition coefficient (Wildman–Crippen LogP) is 2.80. The molecule has 2 amide bonds. The summed E-state index contributed by atoms with van der Waals surface area (Å²) in [7, 11) is 1.63. The highest BCUT2D eigenvalue weighted by molar-refractivity contribution is 5.75. The van der Waals surface area contributed by atoms with E-state index in [1.54, 1.807) is 7.11 Å². The Morgan fingerprint density at radius 2 is 2.00 bits per heavy atom. The second kappa shape index (κ2) is 9.87. The molecule has 1 saturated heterocycles. The zero-order valence-corrected chi connectivity index (χ0v) is 15.6. The van der Waals surface area contributed by atoms with Crippen molar-refractivity contribution in [2.24, 2.45) is 0 Å². The quantitative estimate of drug-likeness (QED) is 0.746. The van der Waals surface area contributed by atoms with Crippen LogP contribution in [0.15, 0.2) is 4.52 Å². The van der Waals surface area contributed by atoms with Gasteiger partial charge in [-0.3, -0.25) is 0 Å². The summed E-state index contributed by atoms with van der Waals surface area (Å²) in [6.45, 7) is 2.00. The maximum Gasteiger partial charge on any atom is 0.318 e. The number of methoxy groups -OCH3 is 1. The van der Waals surface area contributed by atoms with Gasteiger partial charge in [-0.15, -0.1) is 0 Å². The van der Waals surface area contributed by atoms with E-state index in [9.17, 15) is 4.79 Å². The molecular weight excluding hydrogens is 336 g/mol. The fourth-order valence-electron chi connectivity index (χ4n) is 3.71. The van der Waals surface area contributed by atoms with Gasteiger partial charge in [0.05, 0.1) is 19.3 Å². The number of ether oxygens (including phenoxy) is 2. The minimum Gasteiger partial charge on any atom is -0.382 e. The first kappa shape index (κ1) is 19.1. The number of nitrogens with zero attached hydrogens (tertiary/aromatic N) is 3. The SMILES string of the molecule is COCCOCc1nc(C2CCCCN2C(=O)NC2CCCCC2)no1. The number of nitrogens with one attached hydrogen (secondary N) is 1. The lowest BCUT2D eigenvalue weighted by atomic mass is 9.95. The number of hydrogen-bond donors (Lipinski definition) is 1. The molecule has 1 aromatic rings. The largest absolute Gasteiger partial charge is 0.382 e. The predicted molar refractivity (Wildman–Crippen MR) is 94.5 cm³/mol. The minimum atomic E-state index is -0.121. The number of amides is 2. The molecule has 1 aliphatic carbocycles. The average molecular weight is 366 g/mol. The molecule has 1 saturated carbocycles. The van der Waals surface area contributed by atoms with E-state index in [0.29, 0.717) is 31.0 Å². The fraction of sp³-hybridized carbons (Fsp3) is 0.833. The van der Waals surface area contributed by atoms with Crippen LogP contribution in [-0.4, -0.2) is 54.0 Å². The molecule has 1 aromatic heterocycles. The molecule has 1 N–H and O–H groups in total. The number of rotatable bonds is 7. The molecule has 26 heavy (non-hydrogen) atoms. The summed E-state index contributed by atoms with van der Waals surface area (Å²) in [6, 6.07) is 0.182. The molecule has 0 radical (unpaired) electrons. The molecule has 0 aromatic carbocycles. The second-order valence-electron chi connectivity index (χ2n) is 7.08. The Balaban J connectivity index is 1.57. The highest BCUT2D eigenvalue weighted by Gasteiger charge is 2.32. The van der Waals surface area contributed by atoms with E-state index in [1.165, 1.54) is 19.3 Å². The first-order valence-electron chi connectivity index (χ1n) is 9.74. The van der Waals surface area contributed by atoms with Crippen molar-refractivity contribution in [3.05, 3.63) is 11.7 Å². The van der Waals surface area contributed by atoms with Crippen LogP contribution in [0.2, 0.25) is 0 Å². The van der Waals surface area contributed by atoms with E-state index in [1.807, 2.05) is 4.90 Å². The molecule has 2 fully saturated rings. The second-order valence-corrected chi connectivity index (χ2v) is 7.08. The summed E-state index contributed by atoms with van der Waals surface area (Å²) < 4.78 is 15.7. The lowest BCUT2D eigenvalue weighted by Crippen LogP contribution is -2.48. The maximum absolute atomic E-state index is 12.8. The van der Waals surface area contributed by atoms with E-state index >= 15 is 0 Å². The normalized spacial score (nSPS) is 21.7. The van der Waals surface area contributed by atoms with Crippen LogP contribution in [-0.2, 0) is 16.1 Å². The molecular formula is C18H30N4O4. The highest BCUT2D eigenvalue weighted by Crippen LogP contribution is 2.29. The van der Waals surface area contributed by atoms with Crippen molar-refractivity contribution in [1.82, 2.24) is 20.4 Å². The molecule has 1 atom stereocenters. The standard InChI is InChI=1S/C18H30N4O4/c1-24-11-12-25-13-16-20-17(21-26-16)15-9-5-6-10-22(15)18(23)19-14-7-3-2-4-8-14/h14-15H,2-13H2,1H3,(H,19,23). The van der Waals surface area contributed by atoms with Gasteiger partial charge in [0.2, 0.25) is 0 Å². The number of hydrogen-bond acceptors (Lipinski definition) is 6. The van der Waals surface area contributed by atoms with Gasteiger partial charge in [0, 0.05) is 19.7 Å². The first-order valence-corrected chi connectivity index (χ1v) is 9.74. The van der Waals surface area contributed by atoms with Crippen LogP contribution in [0.4, 0.5) is 4.79 Å². The topological polar surface area (TPSA) is 89.7 Å². The van der Waals surface area contributed by atoms with Gasteiger partial charge < -0.3 is 24.2 Å². The van der Waals surface area contributed by atoms with Crippen LogP contribution in [0, 0.1) is 0 Å². The molecule has 0 bridgehead atoms. The summed E-state index contributed by atoms with van der Waals surface area (Å²) in [5.74, 6) is 1.02. The van der Waals surface area contributed by atoms with Crippen LogP contribution >= 0.6 is 0 Å². The Morgan fingerprint density at radius 3 is 2.81 bits per heavy atom. The third-order valence-electron chi connectivity index (χ3n) is 5.14. The lowest BCUT2D eigenvalue weighted by Gasteiger charge is -2.35. The highest BCUT2D eigenvalue weighted by atomic mass is 16.5. The molecule has 146 valence electrons. The molecule has 1 aliphatic heterocycles. The van der Waals surface area contributed by atoms with Gasteiger partial charge in [-0.2, -0.15) is 4.98 Å². The summed E-state index contributed by atoms with van der Waals surface area (Å²) >= 11 is 0. The van der Waals surface area contributed by atoms with Crippen molar-refractivity contribution >= 4 is 6.03 Å². The molecule has 0 spiro atoms. The molecule has 8 nitrogen and oxygen atoms in total. The van der Waals surface area contributed by atoms with Crippen molar-refractivity contribution in [3.8, 4) is 0 Å². The Morgan fingerprint density at radius 1 is 1.19 bits per heavy atom. The molecule has 2 aliphatic rings. The number of carbonyl (C=O) groups is 1. The number of urea groups is 1. The zero-order chi connectivity index (χ0) is 18.2. The van der Waals surface area contributed by atoms with Crippen LogP contribution in [0.3, 0.4) is 0 Å². The van der Waals surface area contributed by atoms with E-state index in [4.69, 9.17) is 14.0 Å². The van der Waals surface area contributed by atoms with E-state index < -0.39 is 0 Å². The van der Waals surface area contributed by atoms with Gasteiger partial charge in [-0.25, -0.2) is 4.79 Å². The van der Waals surface area contributed by atoms with Crippen molar-refractivity contribution in [1.29, 1.82) is 0 Å². The zero-order valence-electron chi connectivity index (χ0n) is 15.6. The number of likely N-dealkylation sites (tertiary alicyclic amines) is 1. The van der Waals surface area contributed by atoms with Gasteiger partial charge in [-0.1, -0.05) is 24.4 Å². The van der Waals surface area contributed by atoms with Crippen molar-refractivity contribution < 1.29 is 18.8 Å². The van der Waals surface area contributed by atoms with Crippen LogP contribution in [0.5, 0.6) is 0 Å². The monoisotopic (exact) mass is 366 g/mol. The fourth-order valence-corrected chi connectivity index (χ4v) is 3.71. The maximum atomic E-state index is 12.8. The van der Waals surface area contributed by atoms with E-state index in [0.717, 1.165) is 38.6 Å². The van der Waals surface area contributed by atoms with Gasteiger partial charge in [0.25, 0.3) is 5.89 Å². The summed E-state index contributed by atoms with van der Waals surface area (Å²) in [5, 5.41) is 7.30. The average Bonchev–Trinajstić information content (AvgIpc) is 3.15. The lowest BCUT2D eigenvalue weighted by molar-refractivity contribution is 0.0494. The van der Waals surface area contributed by atoms with Crippen molar-refractivity contribution in [3.63, 3.8) is 0 Å². The summed E-state index contributed by atoms with van der Waals surface area (Å²) in [6.07, 6.45) is 8.77. The van der Waals surface area contributed by atoms with E-state index in [2.05, 4.69) is 15.5 Å². The van der Waals surface area contributed by atoms with Gasteiger partial charge >= 0.3 is 6.03 Å². The van der Waals surface area contributed by atoms with Crippen molar-refractivity contribution in [2.75, 3.05) is 26.9 Å². The number of piperidine rings is 1. The van der Waals surface area contributed by atoms with Crippen molar-refractivity contribution in [2.45, 2.75) is 70.1 Å². The Hall–Kier alpha value is -1.67. The van der Waals surface area contributed by atoms with E-state index in [-0.39, 0.29) is 18.7 Å². The Labute approximate surface area is 154 Å². The summed E-state index contributed by atoms with van der Waals surface area (Å²) in [4.78, 5) is 19.1. The molecule has 3 rings (SSSR count). The third kappa shape index (κ3) is 5.17. The minimum absolute atomic E-state index is 0.00398.